The van der Waals surface area contributed by atoms with Gasteiger partial charge in [0.1, 0.15) is 6.04 Å². The molecule has 0 radical (unpaired) electrons. The molecule has 1 atom stereocenters. The van der Waals surface area contributed by atoms with Crippen LogP contribution in [0.2, 0.25) is 5.02 Å². The lowest BCUT2D eigenvalue weighted by Crippen LogP contribution is -2.28. The van der Waals surface area contributed by atoms with Crippen molar-refractivity contribution < 1.29 is 13.2 Å². The number of hydrogen-bond donors (Lipinski definition) is 1. The zero-order valence-corrected chi connectivity index (χ0v) is 9.39. The Labute approximate surface area is 101 Å². The van der Waals surface area contributed by atoms with Crippen LogP contribution in [0.1, 0.15) is 11.6 Å². The van der Waals surface area contributed by atoms with Crippen LogP contribution in [-0.4, -0.2) is 6.18 Å². The van der Waals surface area contributed by atoms with Gasteiger partial charge in [0.15, 0.2) is 0 Å². The predicted molar refractivity (Wildman–Crippen MR) is 61.9 cm³/mol. The smallest absolute Gasteiger partial charge is 0.316 e. The quantitative estimate of drug-likeness (QED) is 0.821. The van der Waals surface area contributed by atoms with Gasteiger partial charge in [0.2, 0.25) is 0 Å². The number of hydrogen-bond acceptors (Lipinski definition) is 1. The van der Waals surface area contributed by atoms with Crippen molar-refractivity contribution in [2.24, 2.45) is 5.73 Å². The largest absolute Gasteiger partial charge is 0.407 e. The molecule has 2 rings (SSSR count). The molecule has 2 N–H and O–H groups in total. The van der Waals surface area contributed by atoms with E-state index in [9.17, 15) is 13.2 Å². The van der Waals surface area contributed by atoms with Crippen LogP contribution in [0.5, 0.6) is 0 Å². The van der Waals surface area contributed by atoms with Gasteiger partial charge in [-0.25, -0.2) is 0 Å². The molecule has 2 aromatic carbocycles. The number of rotatable bonds is 1. The minimum Gasteiger partial charge on any atom is -0.316 e. The van der Waals surface area contributed by atoms with E-state index in [1.807, 2.05) is 0 Å². The monoisotopic (exact) mass is 259 g/mol. The lowest BCUT2D eigenvalue weighted by atomic mass is 9.99. The number of nitrogens with two attached hydrogens (primary N) is 1. The summed E-state index contributed by atoms with van der Waals surface area (Å²) < 4.78 is 37.8. The molecule has 0 bridgehead atoms. The topological polar surface area (TPSA) is 26.0 Å². The van der Waals surface area contributed by atoms with Crippen molar-refractivity contribution in [2.45, 2.75) is 12.2 Å². The second-order valence-electron chi connectivity index (χ2n) is 3.73. The molecule has 0 spiro atoms. The van der Waals surface area contributed by atoms with Crippen LogP contribution in [0.3, 0.4) is 0 Å². The summed E-state index contributed by atoms with van der Waals surface area (Å²) in [6.07, 6.45) is -4.46. The van der Waals surface area contributed by atoms with Crippen molar-refractivity contribution in [1.82, 2.24) is 0 Å². The van der Waals surface area contributed by atoms with Gasteiger partial charge < -0.3 is 5.73 Å². The molecule has 0 heterocycles. The highest BCUT2D eigenvalue weighted by molar-refractivity contribution is 6.31. The van der Waals surface area contributed by atoms with Crippen LogP contribution in [0, 0.1) is 0 Å². The second-order valence-corrected chi connectivity index (χ2v) is 4.17. The van der Waals surface area contributed by atoms with Crippen LogP contribution in [0.25, 0.3) is 10.8 Å². The molecular weight excluding hydrogens is 251 g/mol. The summed E-state index contributed by atoms with van der Waals surface area (Å²) in [4.78, 5) is 0. The summed E-state index contributed by atoms with van der Waals surface area (Å²) >= 11 is 5.79. The fourth-order valence-electron chi connectivity index (χ4n) is 1.72. The Morgan fingerprint density at radius 2 is 1.82 bits per heavy atom. The minimum absolute atomic E-state index is 0.0394. The average molecular weight is 260 g/mol. The van der Waals surface area contributed by atoms with Crippen molar-refractivity contribution >= 4 is 22.4 Å². The van der Waals surface area contributed by atoms with E-state index in [1.165, 1.54) is 12.1 Å². The molecule has 0 aromatic heterocycles. The van der Waals surface area contributed by atoms with Crippen molar-refractivity contribution in [3.05, 3.63) is 47.0 Å². The van der Waals surface area contributed by atoms with Crippen LogP contribution >= 0.6 is 11.6 Å². The Morgan fingerprint density at radius 3 is 2.47 bits per heavy atom. The van der Waals surface area contributed by atoms with E-state index >= 15 is 0 Å². The third-order valence-corrected chi connectivity index (χ3v) is 2.80. The Hall–Kier alpha value is -1.26. The molecule has 0 saturated carbocycles. The van der Waals surface area contributed by atoms with Gasteiger partial charge in [0.05, 0.1) is 0 Å². The highest BCUT2D eigenvalue weighted by Gasteiger charge is 2.38. The first kappa shape index (κ1) is 12.2. The first-order chi connectivity index (χ1) is 7.89. The van der Waals surface area contributed by atoms with E-state index in [-0.39, 0.29) is 5.56 Å². The van der Waals surface area contributed by atoms with E-state index in [1.54, 1.807) is 24.3 Å². The summed E-state index contributed by atoms with van der Waals surface area (Å²) in [5.74, 6) is 0. The number of fused-ring (bicyclic) bond motifs is 1. The first-order valence-corrected chi connectivity index (χ1v) is 5.28. The summed E-state index contributed by atoms with van der Waals surface area (Å²) in [6, 6.07) is 7.45. The standard InChI is InChI=1S/C12H9ClF3N/c13-8-5-4-7-2-1-3-9(10(7)6-8)11(17)12(14,15)16/h1-6,11H,17H2/t11-/m0/s1. The summed E-state index contributed by atoms with van der Waals surface area (Å²) in [6.45, 7) is 0. The third-order valence-electron chi connectivity index (χ3n) is 2.57. The maximum Gasteiger partial charge on any atom is 0.407 e. The molecule has 0 unspecified atom stereocenters. The van der Waals surface area contributed by atoms with Gasteiger partial charge in [0.25, 0.3) is 0 Å². The molecule has 90 valence electrons. The number of benzene rings is 2. The van der Waals surface area contributed by atoms with E-state index in [0.29, 0.717) is 15.8 Å². The summed E-state index contributed by atoms with van der Waals surface area (Å²) in [5.41, 5.74) is 5.26. The first-order valence-electron chi connectivity index (χ1n) is 4.90. The highest BCUT2D eigenvalue weighted by Crippen LogP contribution is 2.35. The summed E-state index contributed by atoms with van der Waals surface area (Å²) in [5, 5.41) is 1.51. The minimum atomic E-state index is -4.46. The molecule has 0 fully saturated rings. The van der Waals surface area contributed by atoms with Gasteiger partial charge in [0, 0.05) is 5.02 Å². The van der Waals surface area contributed by atoms with E-state index in [2.05, 4.69) is 0 Å². The van der Waals surface area contributed by atoms with Crippen LogP contribution < -0.4 is 5.73 Å². The lowest BCUT2D eigenvalue weighted by molar-refractivity contribution is -0.148. The fraction of sp³-hybridized carbons (Fsp3) is 0.167. The van der Waals surface area contributed by atoms with Crippen LogP contribution in [-0.2, 0) is 0 Å². The van der Waals surface area contributed by atoms with Crippen molar-refractivity contribution in [3.63, 3.8) is 0 Å². The number of halogens is 4. The van der Waals surface area contributed by atoms with E-state index < -0.39 is 12.2 Å². The van der Waals surface area contributed by atoms with Gasteiger partial charge in [-0.2, -0.15) is 13.2 Å². The Morgan fingerprint density at radius 1 is 1.12 bits per heavy atom. The average Bonchev–Trinajstić information content (AvgIpc) is 2.26. The zero-order chi connectivity index (χ0) is 12.6. The zero-order valence-electron chi connectivity index (χ0n) is 8.63. The Balaban J connectivity index is 2.65. The maximum absolute atomic E-state index is 12.6. The molecule has 0 aliphatic rings. The Bertz CT molecular complexity index is 551. The van der Waals surface area contributed by atoms with E-state index in [4.69, 9.17) is 17.3 Å². The summed E-state index contributed by atoms with van der Waals surface area (Å²) in [7, 11) is 0. The van der Waals surface area contributed by atoms with Gasteiger partial charge >= 0.3 is 6.18 Å². The second kappa shape index (κ2) is 4.20. The molecule has 0 saturated heterocycles. The third kappa shape index (κ3) is 2.37. The molecule has 17 heavy (non-hydrogen) atoms. The highest BCUT2D eigenvalue weighted by atomic mass is 35.5. The van der Waals surface area contributed by atoms with Gasteiger partial charge in [-0.1, -0.05) is 35.9 Å². The SMILES string of the molecule is N[C@@H](c1cccc2ccc(Cl)cc12)C(F)(F)F. The molecule has 2 aromatic rings. The van der Waals surface area contributed by atoms with Crippen LogP contribution in [0.15, 0.2) is 36.4 Å². The van der Waals surface area contributed by atoms with E-state index in [0.717, 1.165) is 0 Å². The molecule has 0 amide bonds. The molecule has 1 nitrogen and oxygen atoms in total. The van der Waals surface area contributed by atoms with Gasteiger partial charge in [-0.05, 0) is 28.5 Å². The van der Waals surface area contributed by atoms with Gasteiger partial charge in [-0.15, -0.1) is 0 Å². The Kier molecular flexibility index (Phi) is 3.02. The predicted octanol–water partition coefficient (Wildman–Crippen LogP) is 4.06. The lowest BCUT2D eigenvalue weighted by Gasteiger charge is -2.17. The van der Waals surface area contributed by atoms with Crippen molar-refractivity contribution in [2.75, 3.05) is 0 Å². The van der Waals surface area contributed by atoms with Crippen LogP contribution in [0.4, 0.5) is 13.2 Å². The molecule has 5 heteroatoms. The van der Waals surface area contributed by atoms with Crippen molar-refractivity contribution in [1.29, 1.82) is 0 Å². The normalized spacial score (nSPS) is 13.9. The van der Waals surface area contributed by atoms with Gasteiger partial charge in [-0.3, -0.25) is 0 Å². The molecular formula is C12H9ClF3N. The molecule has 0 aliphatic heterocycles. The molecule has 0 aliphatic carbocycles. The van der Waals surface area contributed by atoms with Crippen molar-refractivity contribution in [3.8, 4) is 0 Å². The maximum atomic E-state index is 12.6. The fourth-order valence-corrected chi connectivity index (χ4v) is 1.89. The number of alkyl halides is 3.